The standard InChI is InChI=1S/C25H38N6O3.C9H8Cl.Li/c1-5-21-17(2)26-23(28-22(21)30-13-18-7-8-19(14-30)27-18)34-16-25-10-6-12-31(25)20(9-11-25)15-33-24(32)29(3)4;10-9-4-2-1-3-8(9)7-5-6-7;/h18-20,27H,1-2,5-16H2,3-4H3;1-2,4,7H,5-6H2;/q-2;-1;+1/t18?,19?,20?,25-;;/m1../s1. The topological polar surface area (TPSA) is 83.1 Å². The number of carbonyl (C=O) groups excluding carboxylic acids is 1. The van der Waals surface area contributed by atoms with Gasteiger partial charge in [0.2, 0.25) is 0 Å². The van der Waals surface area contributed by atoms with Crippen molar-refractivity contribution in [3.8, 4) is 6.01 Å². The summed E-state index contributed by atoms with van der Waals surface area (Å²) in [4.78, 5) is 27.7. The summed E-state index contributed by atoms with van der Waals surface area (Å²) < 4.78 is 11.8. The molecule has 3 unspecified atom stereocenters. The third-order valence-corrected chi connectivity index (χ3v) is 10.2. The SMILES string of the molecule is Clc1ccc[c-]c1C1CC1.[CH2-]Cc1c([CH2-])nc(OC[C@]23CCCN2C(COC(=O)N(C)C)CC3)nc1N1CC2CCC(C1)N2.[Li+]. The molecule has 4 saturated heterocycles. The molecular weight excluding hydrogens is 583 g/mol. The van der Waals surface area contributed by atoms with Gasteiger partial charge in [0, 0.05) is 45.3 Å². The summed E-state index contributed by atoms with van der Waals surface area (Å²) in [5, 5.41) is 4.56. The van der Waals surface area contributed by atoms with Crippen LogP contribution < -0.4 is 33.8 Å². The first-order valence-electron chi connectivity index (χ1n) is 16.2. The Bertz CT molecular complexity index is 1320. The fourth-order valence-corrected chi connectivity index (χ4v) is 7.73. The average Bonchev–Trinajstić information content (AvgIpc) is 3.56. The third-order valence-electron chi connectivity index (χ3n) is 9.91. The van der Waals surface area contributed by atoms with Crippen molar-refractivity contribution >= 4 is 23.5 Å². The van der Waals surface area contributed by atoms with E-state index in [9.17, 15) is 4.79 Å². The van der Waals surface area contributed by atoms with Gasteiger partial charge in [-0.15, -0.1) is 5.56 Å². The molecule has 4 aliphatic heterocycles. The Hall–Kier alpha value is -2.15. The molecule has 4 atom stereocenters. The Balaban J connectivity index is 0.000000308. The zero-order valence-electron chi connectivity index (χ0n) is 27.2. The first-order chi connectivity index (χ1) is 21.3. The number of ether oxygens (including phenoxy) is 2. The first kappa shape index (κ1) is 34.2. The normalized spacial score (nSPS) is 26.8. The predicted octanol–water partition coefficient (Wildman–Crippen LogP) is 2.07. The number of anilines is 1. The van der Waals surface area contributed by atoms with E-state index in [-0.39, 0.29) is 36.5 Å². The van der Waals surface area contributed by atoms with Gasteiger partial charge in [0.15, 0.2) is 0 Å². The number of aromatic nitrogens is 2. The Morgan fingerprint density at radius 2 is 1.93 bits per heavy atom. The Morgan fingerprint density at radius 1 is 1.18 bits per heavy atom. The van der Waals surface area contributed by atoms with Crippen molar-refractivity contribution in [2.24, 2.45) is 0 Å². The smallest absolute Gasteiger partial charge is 0.462 e. The van der Waals surface area contributed by atoms with Crippen LogP contribution in [0.5, 0.6) is 6.01 Å². The first-order valence-corrected chi connectivity index (χ1v) is 16.6. The number of hydrogen-bond donors (Lipinski definition) is 1. The van der Waals surface area contributed by atoms with Crippen LogP contribution in [0.25, 0.3) is 0 Å². The number of halogens is 1. The molecule has 1 amide bonds. The number of nitrogens with one attached hydrogen (secondary N) is 1. The molecule has 5 aliphatic rings. The van der Waals surface area contributed by atoms with Gasteiger partial charge in [-0.1, -0.05) is 10.7 Å². The van der Waals surface area contributed by atoms with Crippen molar-refractivity contribution in [2.45, 2.75) is 87.4 Å². The second kappa shape index (κ2) is 14.7. The fourth-order valence-electron chi connectivity index (χ4n) is 7.45. The largest absolute Gasteiger partial charge is 1.00 e. The minimum atomic E-state index is -0.288. The number of fused-ring (bicyclic) bond motifs is 3. The van der Waals surface area contributed by atoms with Crippen LogP contribution in [0, 0.1) is 19.9 Å². The molecule has 2 bridgehead atoms. The van der Waals surface area contributed by atoms with Gasteiger partial charge in [-0.3, -0.25) is 4.90 Å². The molecule has 7 rings (SSSR count). The summed E-state index contributed by atoms with van der Waals surface area (Å²) in [5.74, 6) is 1.65. The molecule has 11 heteroatoms. The number of carbonyl (C=O) groups is 1. The van der Waals surface area contributed by atoms with Crippen molar-refractivity contribution in [1.82, 2.24) is 25.1 Å². The van der Waals surface area contributed by atoms with Crippen LogP contribution in [-0.4, -0.2) is 96.5 Å². The maximum Gasteiger partial charge on any atom is 1.00 e. The van der Waals surface area contributed by atoms with E-state index in [0.717, 1.165) is 61.7 Å². The summed E-state index contributed by atoms with van der Waals surface area (Å²) in [6.45, 7) is 12.2. The maximum absolute atomic E-state index is 11.9. The van der Waals surface area contributed by atoms with Crippen LogP contribution in [0.4, 0.5) is 10.6 Å². The molecule has 5 heterocycles. The maximum atomic E-state index is 11.9. The van der Waals surface area contributed by atoms with Crippen LogP contribution in [0.15, 0.2) is 18.2 Å². The molecule has 1 N–H and O–H groups in total. The van der Waals surface area contributed by atoms with Crippen molar-refractivity contribution in [1.29, 1.82) is 0 Å². The predicted molar refractivity (Wildman–Crippen MR) is 172 cm³/mol. The molecule has 1 saturated carbocycles. The van der Waals surface area contributed by atoms with Crippen molar-refractivity contribution in [3.05, 3.63) is 60.0 Å². The monoisotopic (exact) mass is 628 g/mol. The Labute approximate surface area is 285 Å². The van der Waals surface area contributed by atoms with Crippen LogP contribution in [0.3, 0.4) is 0 Å². The third kappa shape index (κ3) is 7.71. The number of piperazine rings is 1. The van der Waals surface area contributed by atoms with E-state index in [2.05, 4.69) is 40.0 Å². The van der Waals surface area contributed by atoms with Gasteiger partial charge >= 0.3 is 31.0 Å². The van der Waals surface area contributed by atoms with E-state index in [1.807, 2.05) is 18.2 Å². The molecule has 1 aromatic carbocycles. The molecular formula is C34H46ClLiN6O3-2. The minimum Gasteiger partial charge on any atom is -0.462 e. The molecule has 2 aromatic rings. The molecule has 1 aromatic heterocycles. The molecule has 9 nitrogen and oxygen atoms in total. The fraction of sp³-hybridized carbons (Fsp3) is 0.618. The molecule has 5 fully saturated rings. The van der Waals surface area contributed by atoms with E-state index in [0.29, 0.717) is 49.3 Å². The van der Waals surface area contributed by atoms with E-state index in [4.69, 9.17) is 26.1 Å². The molecule has 0 spiro atoms. The van der Waals surface area contributed by atoms with Gasteiger partial charge in [-0.25, -0.2) is 23.1 Å². The molecule has 240 valence electrons. The van der Waals surface area contributed by atoms with Crippen molar-refractivity contribution in [3.63, 3.8) is 0 Å². The van der Waals surface area contributed by atoms with Crippen LogP contribution in [-0.2, 0) is 11.2 Å². The number of rotatable bonds is 8. The van der Waals surface area contributed by atoms with Crippen molar-refractivity contribution < 1.29 is 33.1 Å². The number of amides is 1. The zero-order valence-corrected chi connectivity index (χ0v) is 27.9. The van der Waals surface area contributed by atoms with Gasteiger partial charge in [0.1, 0.15) is 13.2 Å². The van der Waals surface area contributed by atoms with E-state index in [1.54, 1.807) is 14.1 Å². The second-order valence-corrected chi connectivity index (χ2v) is 13.6. The van der Waals surface area contributed by atoms with Crippen LogP contribution in [0.1, 0.15) is 74.1 Å². The van der Waals surface area contributed by atoms with Crippen molar-refractivity contribution in [2.75, 3.05) is 51.8 Å². The zero-order chi connectivity index (χ0) is 30.8. The Morgan fingerprint density at radius 3 is 2.60 bits per heavy atom. The van der Waals surface area contributed by atoms with Crippen LogP contribution in [0.2, 0.25) is 5.02 Å². The number of hydrogen-bond acceptors (Lipinski definition) is 8. The summed E-state index contributed by atoms with van der Waals surface area (Å²) in [6, 6.07) is 10.6. The molecule has 45 heavy (non-hydrogen) atoms. The summed E-state index contributed by atoms with van der Waals surface area (Å²) in [5.41, 5.74) is 2.89. The van der Waals surface area contributed by atoms with E-state index >= 15 is 0 Å². The van der Waals surface area contributed by atoms with Gasteiger partial charge in [0.25, 0.3) is 0 Å². The molecule has 0 radical (unpaired) electrons. The summed E-state index contributed by atoms with van der Waals surface area (Å²) in [7, 11) is 3.42. The summed E-state index contributed by atoms with van der Waals surface area (Å²) in [6.07, 6.45) is 9.57. The van der Waals surface area contributed by atoms with Gasteiger partial charge in [-0.05, 0) is 63.8 Å². The minimum absolute atomic E-state index is 0. The Kier molecular flexibility index (Phi) is 11.2. The molecule has 1 aliphatic carbocycles. The van der Waals surface area contributed by atoms with Gasteiger partial charge in [0.05, 0.1) is 11.4 Å². The summed E-state index contributed by atoms with van der Waals surface area (Å²) >= 11 is 5.93. The number of benzene rings is 1. The second-order valence-electron chi connectivity index (χ2n) is 13.2. The number of nitrogens with zero attached hydrogens (tertiary/aromatic N) is 5. The van der Waals surface area contributed by atoms with Gasteiger partial charge < -0.3 is 31.5 Å². The quantitative estimate of drug-likeness (QED) is 0.352. The average molecular weight is 629 g/mol. The van der Waals surface area contributed by atoms with Gasteiger partial charge in [-0.2, -0.15) is 46.4 Å². The van der Waals surface area contributed by atoms with Crippen LogP contribution >= 0.6 is 11.6 Å². The van der Waals surface area contributed by atoms with E-state index in [1.165, 1.54) is 36.1 Å². The van der Waals surface area contributed by atoms with E-state index < -0.39 is 0 Å².